The van der Waals surface area contributed by atoms with Crippen molar-refractivity contribution in [2.24, 2.45) is 0 Å². The lowest BCUT2D eigenvalue weighted by Gasteiger charge is -2.30. The molecule has 0 heterocycles. The first-order valence-corrected chi connectivity index (χ1v) is 18.3. The van der Waals surface area contributed by atoms with Gasteiger partial charge in [0.05, 0.1) is 0 Å². The van der Waals surface area contributed by atoms with Gasteiger partial charge in [-0.3, -0.25) is 0 Å². The highest BCUT2D eigenvalue weighted by Gasteiger charge is 2.41. The molecule has 0 unspecified atom stereocenters. The third kappa shape index (κ3) is 5.56. The van der Waals surface area contributed by atoms with E-state index in [4.69, 9.17) is 0 Å². The fourth-order valence-electron chi connectivity index (χ4n) is 8.19. The Morgan fingerprint density at radius 3 is 1.32 bits per heavy atom. The lowest BCUT2D eigenvalue weighted by molar-refractivity contribution is 0.590. The zero-order chi connectivity index (χ0) is 35.8. The fourth-order valence-corrected chi connectivity index (χ4v) is 8.19. The van der Waals surface area contributed by atoms with E-state index in [1.54, 1.807) is 0 Å². The number of nitrogens with zero attached hydrogens (tertiary/aromatic N) is 1. The van der Waals surface area contributed by atoms with Crippen LogP contribution in [0.1, 0.15) is 108 Å². The zero-order valence-electron chi connectivity index (χ0n) is 32.0. The highest BCUT2D eigenvalue weighted by Crippen LogP contribution is 2.56. The molecular formula is C49H53N. The molecule has 0 radical (unpaired) electrons. The van der Waals surface area contributed by atoms with Crippen LogP contribution in [-0.4, -0.2) is 0 Å². The number of hydrogen-bond donors (Lipinski definition) is 0. The van der Waals surface area contributed by atoms with Crippen LogP contribution in [0.2, 0.25) is 0 Å². The molecule has 0 atom stereocenters. The first-order valence-electron chi connectivity index (χ1n) is 18.3. The molecule has 0 spiro atoms. The Labute approximate surface area is 301 Å². The Hall–Kier alpha value is -4.62. The summed E-state index contributed by atoms with van der Waals surface area (Å²) in [6, 6.07) is 46.1. The number of benzene rings is 4. The van der Waals surface area contributed by atoms with E-state index in [-0.39, 0.29) is 21.7 Å². The largest absolute Gasteiger partial charge is 0.310 e. The molecule has 0 saturated heterocycles. The van der Waals surface area contributed by atoms with Gasteiger partial charge in [0, 0.05) is 27.9 Å². The summed E-state index contributed by atoms with van der Waals surface area (Å²) in [7, 11) is 0. The van der Waals surface area contributed by atoms with Crippen LogP contribution in [0.3, 0.4) is 0 Å². The van der Waals surface area contributed by atoms with Gasteiger partial charge in [-0.25, -0.2) is 0 Å². The van der Waals surface area contributed by atoms with E-state index in [2.05, 4.69) is 202 Å². The second-order valence-corrected chi connectivity index (χ2v) is 17.6. The van der Waals surface area contributed by atoms with Crippen LogP contribution >= 0.6 is 0 Å². The Bertz CT molecular complexity index is 2100. The third-order valence-electron chi connectivity index (χ3n) is 11.4. The van der Waals surface area contributed by atoms with Crippen molar-refractivity contribution in [1.82, 2.24) is 0 Å². The van der Waals surface area contributed by atoms with E-state index in [9.17, 15) is 0 Å². The number of aryl methyl sites for hydroxylation is 1. The van der Waals surface area contributed by atoms with Crippen molar-refractivity contribution >= 4 is 17.1 Å². The number of fused-ring (bicyclic) bond motifs is 6. The van der Waals surface area contributed by atoms with Gasteiger partial charge in [0.25, 0.3) is 0 Å². The standard InChI is InChI=1S/C49H53N/c1-32-17-13-12-14-18-38-40-30-42-39(37-19-15-16-20-41(37)48(42,8)9)29-43(40)49(10,11)44(38)31-45(32)50(35-25-21-33(22-26-35)46(2,3)4)36-27-23-34(24-28-36)47(5,6)7/h12-31H,1-11H3. The summed E-state index contributed by atoms with van der Waals surface area (Å²) < 4.78 is 0. The predicted octanol–water partition coefficient (Wildman–Crippen LogP) is 13.8. The predicted molar refractivity (Wildman–Crippen MR) is 216 cm³/mol. The Morgan fingerprint density at radius 2 is 0.820 bits per heavy atom. The van der Waals surface area contributed by atoms with Gasteiger partial charge in [-0.15, -0.1) is 0 Å². The van der Waals surface area contributed by atoms with E-state index in [1.807, 2.05) is 0 Å². The molecular weight excluding hydrogens is 603 g/mol. The van der Waals surface area contributed by atoms with E-state index in [0.717, 1.165) is 11.4 Å². The van der Waals surface area contributed by atoms with Crippen LogP contribution in [0, 0.1) is 6.92 Å². The monoisotopic (exact) mass is 655 g/mol. The van der Waals surface area contributed by atoms with Gasteiger partial charge in [0.15, 0.2) is 0 Å². The summed E-state index contributed by atoms with van der Waals surface area (Å²) in [6.45, 7) is 25.5. The number of anilines is 3. The quantitative estimate of drug-likeness (QED) is 0.187. The van der Waals surface area contributed by atoms with Crippen LogP contribution in [0.5, 0.6) is 0 Å². The normalized spacial score (nSPS) is 15.0. The Balaban J connectivity index is 1.49. The maximum absolute atomic E-state index is 2.51. The van der Waals surface area contributed by atoms with E-state index in [1.165, 1.54) is 66.9 Å². The molecule has 0 N–H and O–H groups in total. The van der Waals surface area contributed by atoms with Crippen molar-refractivity contribution in [1.29, 1.82) is 0 Å². The van der Waals surface area contributed by atoms with E-state index < -0.39 is 0 Å². The first-order chi connectivity index (χ1) is 23.5. The lowest BCUT2D eigenvalue weighted by atomic mass is 9.79. The third-order valence-corrected chi connectivity index (χ3v) is 11.4. The van der Waals surface area contributed by atoms with E-state index in [0.29, 0.717) is 0 Å². The van der Waals surface area contributed by atoms with Crippen LogP contribution in [0.15, 0.2) is 121 Å². The van der Waals surface area contributed by atoms with Crippen molar-refractivity contribution in [3.63, 3.8) is 0 Å². The van der Waals surface area contributed by atoms with Crippen molar-refractivity contribution in [2.45, 2.75) is 97.8 Å². The average molecular weight is 656 g/mol. The minimum absolute atomic E-state index is 0.0520. The second-order valence-electron chi connectivity index (χ2n) is 17.6. The minimum Gasteiger partial charge on any atom is -0.310 e. The molecule has 2 aliphatic carbocycles. The Morgan fingerprint density at radius 1 is 0.420 bits per heavy atom. The molecule has 1 nitrogen and oxygen atoms in total. The first kappa shape index (κ1) is 33.9. The van der Waals surface area contributed by atoms with Crippen molar-refractivity contribution in [2.75, 3.05) is 4.90 Å². The molecule has 1 heteroatoms. The number of rotatable bonds is 3. The van der Waals surface area contributed by atoms with Gasteiger partial charge < -0.3 is 4.90 Å². The van der Waals surface area contributed by atoms with Gasteiger partial charge in [0.1, 0.15) is 0 Å². The second kappa shape index (κ2) is 11.7. The van der Waals surface area contributed by atoms with Gasteiger partial charge >= 0.3 is 0 Å². The zero-order valence-corrected chi connectivity index (χ0v) is 32.0. The smallest absolute Gasteiger partial charge is 0.0494 e. The SMILES string of the molecule is Cc1cccccc2c(cc1N(c1ccc(C(C)(C)C)cc1)c1ccc(C(C)(C)C)cc1)C(C)(C)c1cc3c(cc1-2)C(C)(C)c1ccccc1-3. The molecule has 0 fully saturated rings. The average Bonchev–Trinajstić information content (AvgIpc) is 3.41. The molecule has 0 amide bonds. The van der Waals surface area contributed by atoms with Gasteiger partial charge in [-0.1, -0.05) is 148 Å². The molecule has 50 heavy (non-hydrogen) atoms. The van der Waals surface area contributed by atoms with Crippen molar-refractivity contribution < 1.29 is 0 Å². The maximum Gasteiger partial charge on any atom is 0.0494 e. The van der Waals surface area contributed by atoms with Crippen LogP contribution in [0.4, 0.5) is 17.1 Å². The molecule has 0 aliphatic heterocycles. The van der Waals surface area contributed by atoms with Crippen molar-refractivity contribution in [3.05, 3.63) is 160 Å². The topological polar surface area (TPSA) is 3.24 Å². The summed E-state index contributed by atoms with van der Waals surface area (Å²) in [5.74, 6) is 0. The highest BCUT2D eigenvalue weighted by molar-refractivity contribution is 5.90. The van der Waals surface area contributed by atoms with Crippen molar-refractivity contribution in [3.8, 4) is 22.3 Å². The maximum atomic E-state index is 2.51. The summed E-state index contributed by atoms with van der Waals surface area (Å²) >= 11 is 0. The molecule has 2 aliphatic rings. The van der Waals surface area contributed by atoms with Gasteiger partial charge in [0.2, 0.25) is 0 Å². The van der Waals surface area contributed by atoms with E-state index >= 15 is 0 Å². The minimum atomic E-state index is -0.210. The molecule has 0 saturated carbocycles. The summed E-state index contributed by atoms with van der Waals surface area (Å²) in [5.41, 5.74) is 18.3. The molecule has 7 rings (SSSR count). The van der Waals surface area contributed by atoms with Crippen LogP contribution in [0.25, 0.3) is 22.3 Å². The van der Waals surface area contributed by atoms with Crippen LogP contribution in [-0.2, 0) is 21.7 Å². The van der Waals surface area contributed by atoms with Crippen LogP contribution < -0.4 is 4.90 Å². The number of hydrogen-bond acceptors (Lipinski definition) is 1. The molecule has 254 valence electrons. The molecule has 0 bridgehead atoms. The summed E-state index contributed by atoms with van der Waals surface area (Å²) in [5, 5.41) is 0. The molecule has 5 aromatic rings. The Kier molecular flexibility index (Phi) is 7.94. The van der Waals surface area contributed by atoms with Gasteiger partial charge in [-0.2, -0.15) is 0 Å². The molecule has 5 aromatic carbocycles. The molecule has 0 aromatic heterocycles. The fraction of sp³-hybridized carbons (Fsp3) is 0.306. The summed E-state index contributed by atoms with van der Waals surface area (Å²) in [4.78, 5) is 2.47. The lowest BCUT2D eigenvalue weighted by Crippen LogP contribution is -2.18. The highest BCUT2D eigenvalue weighted by atomic mass is 15.1. The summed E-state index contributed by atoms with van der Waals surface area (Å²) in [6.07, 6.45) is 0. The van der Waals surface area contributed by atoms with Gasteiger partial charge in [-0.05, 0) is 121 Å².